The van der Waals surface area contributed by atoms with Crippen molar-refractivity contribution in [2.75, 3.05) is 0 Å². The zero-order valence-electron chi connectivity index (χ0n) is 11.5. The molecule has 0 spiro atoms. The van der Waals surface area contributed by atoms with E-state index in [1.807, 2.05) is 0 Å². The summed E-state index contributed by atoms with van der Waals surface area (Å²) in [5, 5.41) is 27.3. The van der Waals surface area contributed by atoms with Gasteiger partial charge in [0.25, 0.3) is 0 Å². The third-order valence-corrected chi connectivity index (χ3v) is 4.80. The highest BCUT2D eigenvalue weighted by atomic mass is 79.9. The van der Waals surface area contributed by atoms with Crippen LogP contribution in [-0.2, 0) is 4.79 Å². The van der Waals surface area contributed by atoms with E-state index in [9.17, 15) is 9.90 Å². The van der Waals surface area contributed by atoms with Gasteiger partial charge in [0.2, 0.25) is 0 Å². The molecule has 2 rings (SSSR count). The third kappa shape index (κ3) is 6.33. The summed E-state index contributed by atoms with van der Waals surface area (Å²) in [6.07, 6.45) is 0. The Morgan fingerprint density at radius 3 is 1.57 bits per heavy atom. The highest BCUT2D eigenvalue weighted by molar-refractivity contribution is 9.11. The summed E-state index contributed by atoms with van der Waals surface area (Å²) in [5.74, 6) is -0.0449. The predicted molar refractivity (Wildman–Crippen MR) is 100.0 cm³/mol. The number of carbonyl (C=O) groups excluding carboxylic acids is 1. The summed E-state index contributed by atoms with van der Waals surface area (Å²) in [5.41, 5.74) is 0. The van der Waals surface area contributed by atoms with Gasteiger partial charge >= 0.3 is 5.97 Å². The molecule has 9 heteroatoms. The highest BCUT2D eigenvalue weighted by Gasteiger charge is 2.08. The van der Waals surface area contributed by atoms with Crippen molar-refractivity contribution >= 4 is 69.7 Å². The molecule has 0 unspecified atom stereocenters. The molecule has 0 aromatic heterocycles. The first-order valence-electron chi connectivity index (χ1n) is 5.85. The standard InChI is InChI=1S/C8H6Br2O3.C6H4Br2O2/c1-4(11)13-8-3-7(12)5(9)2-6(8)10;7-3-1-4(8)6(10)2-5(3)9/h2-3,12H,1H3;1-2,9-10H. The molecule has 2 aromatic carbocycles. The fourth-order valence-electron chi connectivity index (χ4n) is 1.28. The molecule has 3 N–H and O–H groups in total. The van der Waals surface area contributed by atoms with E-state index in [0.29, 0.717) is 23.6 Å². The first kappa shape index (κ1) is 20.3. The Labute approximate surface area is 165 Å². The minimum absolute atomic E-state index is 0.0273. The topological polar surface area (TPSA) is 87.0 Å². The van der Waals surface area contributed by atoms with Gasteiger partial charge in [0.15, 0.2) is 0 Å². The van der Waals surface area contributed by atoms with Gasteiger partial charge in [0.1, 0.15) is 23.0 Å². The Hall–Kier alpha value is -0.770. The maximum atomic E-state index is 10.6. The van der Waals surface area contributed by atoms with Crippen LogP contribution in [0.1, 0.15) is 6.92 Å². The van der Waals surface area contributed by atoms with Gasteiger partial charge in [-0.2, -0.15) is 0 Å². The van der Waals surface area contributed by atoms with Crippen molar-refractivity contribution in [2.45, 2.75) is 6.92 Å². The molecule has 5 nitrogen and oxygen atoms in total. The lowest BCUT2D eigenvalue weighted by molar-refractivity contribution is -0.131. The number of carbonyl (C=O) groups is 1. The Morgan fingerprint density at radius 1 is 0.783 bits per heavy atom. The van der Waals surface area contributed by atoms with E-state index in [2.05, 4.69) is 63.7 Å². The van der Waals surface area contributed by atoms with Crippen molar-refractivity contribution in [3.8, 4) is 23.0 Å². The van der Waals surface area contributed by atoms with Crippen LogP contribution < -0.4 is 4.74 Å². The van der Waals surface area contributed by atoms with Crippen molar-refractivity contribution in [3.63, 3.8) is 0 Å². The lowest BCUT2D eigenvalue weighted by atomic mass is 10.3. The predicted octanol–water partition coefficient (Wildman–Crippen LogP) is 5.47. The van der Waals surface area contributed by atoms with E-state index in [1.165, 1.54) is 19.1 Å². The number of benzene rings is 2. The van der Waals surface area contributed by atoms with E-state index in [1.54, 1.807) is 12.1 Å². The van der Waals surface area contributed by atoms with E-state index in [-0.39, 0.29) is 17.2 Å². The number of esters is 1. The monoisotopic (exact) mass is 574 g/mol. The van der Waals surface area contributed by atoms with Crippen LogP contribution in [0.2, 0.25) is 0 Å². The van der Waals surface area contributed by atoms with Gasteiger partial charge in [0, 0.05) is 19.1 Å². The Balaban J connectivity index is 0.000000238. The van der Waals surface area contributed by atoms with Crippen molar-refractivity contribution in [2.24, 2.45) is 0 Å². The smallest absolute Gasteiger partial charge is 0.308 e. The fourth-order valence-corrected chi connectivity index (χ4v) is 3.35. The molecule has 0 saturated heterocycles. The van der Waals surface area contributed by atoms with Crippen LogP contribution >= 0.6 is 63.7 Å². The van der Waals surface area contributed by atoms with Gasteiger partial charge in [0.05, 0.1) is 17.9 Å². The quantitative estimate of drug-likeness (QED) is 0.309. The van der Waals surface area contributed by atoms with Crippen LogP contribution in [0.5, 0.6) is 23.0 Å². The molecular formula is C14H10Br4O5. The molecule has 2 aromatic rings. The fraction of sp³-hybridized carbons (Fsp3) is 0.0714. The Bertz CT molecular complexity index is 683. The molecule has 124 valence electrons. The van der Waals surface area contributed by atoms with Crippen molar-refractivity contribution in [1.82, 2.24) is 0 Å². The molecule has 0 radical (unpaired) electrons. The number of rotatable bonds is 1. The number of phenolic OH excluding ortho intramolecular Hbond substituents is 3. The lowest BCUT2D eigenvalue weighted by Crippen LogP contribution is -2.01. The summed E-state index contributed by atoms with van der Waals surface area (Å²) < 4.78 is 7.06. The molecule has 0 aliphatic rings. The van der Waals surface area contributed by atoms with E-state index in [0.717, 1.165) is 0 Å². The number of hydrogen-bond acceptors (Lipinski definition) is 5. The molecule has 0 bridgehead atoms. The molecule has 0 aliphatic heterocycles. The molecule has 0 fully saturated rings. The first-order chi connectivity index (χ1) is 10.6. The minimum Gasteiger partial charge on any atom is -0.507 e. The molecule has 0 saturated carbocycles. The summed E-state index contributed by atoms with van der Waals surface area (Å²) in [7, 11) is 0. The maximum Gasteiger partial charge on any atom is 0.308 e. The largest absolute Gasteiger partial charge is 0.507 e. The molecule has 0 heterocycles. The number of ether oxygens (including phenoxy) is 1. The molecular weight excluding hydrogens is 568 g/mol. The molecule has 0 atom stereocenters. The van der Waals surface area contributed by atoms with Crippen molar-refractivity contribution in [3.05, 3.63) is 42.2 Å². The van der Waals surface area contributed by atoms with Crippen LogP contribution in [0.3, 0.4) is 0 Å². The molecule has 0 aliphatic carbocycles. The maximum absolute atomic E-state index is 10.6. The van der Waals surface area contributed by atoms with Gasteiger partial charge in [-0.05, 0) is 75.9 Å². The van der Waals surface area contributed by atoms with Gasteiger partial charge in [-0.15, -0.1) is 0 Å². The Kier molecular flexibility index (Phi) is 7.85. The number of halogens is 4. The summed E-state index contributed by atoms with van der Waals surface area (Å²) in [6, 6.07) is 5.79. The zero-order chi connectivity index (χ0) is 17.7. The van der Waals surface area contributed by atoms with Gasteiger partial charge in [-0.1, -0.05) is 0 Å². The van der Waals surface area contributed by atoms with Gasteiger partial charge in [-0.25, -0.2) is 0 Å². The summed E-state index contributed by atoms with van der Waals surface area (Å²) >= 11 is 12.5. The average molecular weight is 578 g/mol. The van der Waals surface area contributed by atoms with Crippen LogP contribution in [0, 0.1) is 0 Å². The second-order valence-electron chi connectivity index (χ2n) is 4.08. The molecule has 0 amide bonds. The highest BCUT2D eigenvalue weighted by Crippen LogP contribution is 2.35. The number of aromatic hydroxyl groups is 3. The summed E-state index contributed by atoms with van der Waals surface area (Å²) in [6.45, 7) is 1.30. The average Bonchev–Trinajstić information content (AvgIpc) is 2.43. The normalized spacial score (nSPS) is 9.78. The number of hydrogen-bond donors (Lipinski definition) is 3. The van der Waals surface area contributed by atoms with E-state index in [4.69, 9.17) is 14.9 Å². The minimum atomic E-state index is -0.428. The van der Waals surface area contributed by atoms with Crippen LogP contribution in [0.4, 0.5) is 0 Å². The third-order valence-electron chi connectivity index (χ3n) is 2.27. The van der Waals surface area contributed by atoms with Crippen LogP contribution in [-0.4, -0.2) is 21.3 Å². The van der Waals surface area contributed by atoms with E-state index < -0.39 is 5.97 Å². The number of phenols is 3. The van der Waals surface area contributed by atoms with Crippen LogP contribution in [0.25, 0.3) is 0 Å². The van der Waals surface area contributed by atoms with E-state index >= 15 is 0 Å². The summed E-state index contributed by atoms with van der Waals surface area (Å²) in [4.78, 5) is 10.6. The SMILES string of the molecule is CC(=O)Oc1cc(O)c(Br)cc1Br.Oc1cc(O)c(Br)cc1Br. The van der Waals surface area contributed by atoms with Gasteiger partial charge < -0.3 is 20.1 Å². The zero-order valence-corrected chi connectivity index (χ0v) is 17.8. The second kappa shape index (κ2) is 8.91. The Morgan fingerprint density at radius 2 is 1.17 bits per heavy atom. The lowest BCUT2D eigenvalue weighted by Gasteiger charge is -2.05. The molecule has 23 heavy (non-hydrogen) atoms. The second-order valence-corrected chi connectivity index (χ2v) is 7.50. The van der Waals surface area contributed by atoms with Crippen LogP contribution in [0.15, 0.2) is 42.2 Å². The van der Waals surface area contributed by atoms with Crippen molar-refractivity contribution in [1.29, 1.82) is 0 Å². The first-order valence-corrected chi connectivity index (χ1v) is 9.02. The van der Waals surface area contributed by atoms with Gasteiger partial charge in [-0.3, -0.25) is 4.79 Å². The van der Waals surface area contributed by atoms with Crippen molar-refractivity contribution < 1.29 is 24.9 Å².